The van der Waals surface area contributed by atoms with Crippen molar-refractivity contribution in [2.24, 2.45) is 0 Å². The molecule has 7 rings (SSSR count). The number of nitrogens with zero attached hydrogens (tertiary/aromatic N) is 5. The highest BCUT2D eigenvalue weighted by Crippen LogP contribution is 2.45. The van der Waals surface area contributed by atoms with E-state index in [-0.39, 0.29) is 16.5 Å². The number of aliphatic hydroxyl groups excluding tert-OH is 1. The number of carbonyl (C=O) groups excluding carboxylic acids is 2. The third-order valence-corrected chi connectivity index (χ3v) is 10.1. The molecular weight excluding hydrogens is 654 g/mol. The zero-order chi connectivity index (χ0) is 32.5. The molecule has 1 fully saturated rings. The van der Waals surface area contributed by atoms with Crippen molar-refractivity contribution in [1.29, 1.82) is 0 Å². The lowest BCUT2D eigenvalue weighted by Gasteiger charge is -2.23. The number of halogens is 1. The van der Waals surface area contributed by atoms with Crippen LogP contribution in [0.15, 0.2) is 113 Å². The van der Waals surface area contributed by atoms with Crippen LogP contribution in [-0.2, 0) is 21.9 Å². The first-order chi connectivity index (χ1) is 22.9. The molecule has 1 saturated heterocycles. The first-order valence-corrected chi connectivity index (χ1v) is 16.8. The minimum absolute atomic E-state index is 0.0745. The molecule has 1 unspecified atom stereocenters. The van der Waals surface area contributed by atoms with Gasteiger partial charge in [-0.3, -0.25) is 18.9 Å². The number of ketones is 1. The first-order valence-electron chi connectivity index (χ1n) is 14.6. The van der Waals surface area contributed by atoms with Gasteiger partial charge in [0.15, 0.2) is 10.1 Å². The highest BCUT2D eigenvalue weighted by atomic mass is 35.5. The minimum atomic E-state index is -1.01. The number of aryl methyl sites for hydroxylation is 1. The number of thioether (sulfide) groups is 1. The lowest BCUT2D eigenvalue weighted by Crippen LogP contribution is -2.29. The molecule has 9 nitrogen and oxygen atoms in total. The van der Waals surface area contributed by atoms with Crippen LogP contribution in [0.2, 0.25) is 5.02 Å². The Morgan fingerprint density at radius 1 is 0.957 bits per heavy atom. The van der Waals surface area contributed by atoms with Crippen molar-refractivity contribution in [3.63, 3.8) is 0 Å². The largest absolute Gasteiger partial charge is 0.505 e. The number of benzene rings is 3. The predicted octanol–water partition coefficient (Wildman–Crippen LogP) is 7.65. The number of anilines is 1. The van der Waals surface area contributed by atoms with E-state index in [9.17, 15) is 14.7 Å². The van der Waals surface area contributed by atoms with Gasteiger partial charge in [-0.05, 0) is 60.0 Å². The van der Waals surface area contributed by atoms with Crippen LogP contribution in [0.1, 0.15) is 34.1 Å². The standard InChI is InChI=1S/C35H26ClN5O4S2/c1-21-29(40-17-6-5-12-27(40)37-21)31(42)28-30(24-10-7-11-26(18-24)45-19-22-8-3-2-4-9-22)41(33(44)32(28)43)34-38-39-35(47-34)46-20-23-13-15-25(36)16-14-23/h2-18,30,42H,19-20H2,1H3/b31-28+. The second-order valence-electron chi connectivity index (χ2n) is 10.8. The van der Waals surface area contributed by atoms with E-state index in [1.807, 2.05) is 66.7 Å². The summed E-state index contributed by atoms with van der Waals surface area (Å²) in [7, 11) is 0. The summed E-state index contributed by atoms with van der Waals surface area (Å²) in [6.45, 7) is 2.08. The Labute approximate surface area is 283 Å². The molecule has 1 N–H and O–H groups in total. The molecule has 234 valence electrons. The van der Waals surface area contributed by atoms with Gasteiger partial charge in [0.25, 0.3) is 5.78 Å². The molecule has 0 aliphatic carbocycles. The molecule has 6 aromatic rings. The maximum Gasteiger partial charge on any atom is 0.301 e. The number of Topliss-reactive ketones (excluding diaryl/α,β-unsaturated/α-hetero) is 1. The monoisotopic (exact) mass is 679 g/mol. The van der Waals surface area contributed by atoms with Crippen LogP contribution in [0, 0.1) is 6.92 Å². The predicted molar refractivity (Wildman–Crippen MR) is 183 cm³/mol. The van der Waals surface area contributed by atoms with E-state index in [0.717, 1.165) is 11.1 Å². The maximum atomic E-state index is 13.9. The van der Waals surface area contributed by atoms with E-state index in [1.165, 1.54) is 28.0 Å². The van der Waals surface area contributed by atoms with Crippen molar-refractivity contribution in [3.05, 3.63) is 142 Å². The number of ether oxygens (including phenoxy) is 1. The summed E-state index contributed by atoms with van der Waals surface area (Å²) in [5.41, 5.74) is 3.96. The first kappa shape index (κ1) is 30.7. The Bertz CT molecular complexity index is 2150. The Morgan fingerprint density at radius 2 is 1.74 bits per heavy atom. The number of hydrogen-bond acceptors (Lipinski definition) is 9. The quantitative estimate of drug-likeness (QED) is 0.0546. The van der Waals surface area contributed by atoms with Crippen LogP contribution in [0.3, 0.4) is 0 Å². The number of aliphatic hydroxyl groups is 1. The topological polar surface area (TPSA) is 110 Å². The smallest absolute Gasteiger partial charge is 0.301 e. The molecule has 12 heteroatoms. The number of fused-ring (bicyclic) bond motifs is 1. The van der Waals surface area contributed by atoms with Crippen molar-refractivity contribution in [2.75, 3.05) is 4.90 Å². The van der Waals surface area contributed by atoms with Gasteiger partial charge >= 0.3 is 5.91 Å². The molecule has 0 radical (unpaired) electrons. The summed E-state index contributed by atoms with van der Waals surface area (Å²) >= 11 is 8.69. The van der Waals surface area contributed by atoms with Crippen LogP contribution < -0.4 is 9.64 Å². The van der Waals surface area contributed by atoms with E-state index < -0.39 is 17.7 Å². The Morgan fingerprint density at radius 3 is 2.55 bits per heavy atom. The van der Waals surface area contributed by atoms with E-state index in [2.05, 4.69) is 15.2 Å². The molecule has 1 atom stereocenters. The average Bonchev–Trinajstić information content (AvgIpc) is 3.77. The molecule has 4 heterocycles. The molecule has 3 aromatic heterocycles. The normalized spacial score (nSPS) is 15.9. The Hall–Kier alpha value is -4.97. The van der Waals surface area contributed by atoms with Gasteiger partial charge < -0.3 is 9.84 Å². The zero-order valence-electron chi connectivity index (χ0n) is 24.9. The molecular formula is C35H26ClN5O4S2. The number of imidazole rings is 1. The maximum absolute atomic E-state index is 13.9. The van der Waals surface area contributed by atoms with Gasteiger partial charge in [0.1, 0.15) is 23.7 Å². The van der Waals surface area contributed by atoms with Gasteiger partial charge in [-0.15, -0.1) is 10.2 Å². The molecule has 1 amide bonds. The number of rotatable bonds is 9. The third kappa shape index (κ3) is 6.12. The number of carbonyl (C=O) groups is 2. The summed E-state index contributed by atoms with van der Waals surface area (Å²) in [6.07, 6.45) is 1.75. The van der Waals surface area contributed by atoms with Crippen LogP contribution in [-0.4, -0.2) is 36.4 Å². The molecule has 1 aliphatic rings. The fourth-order valence-electron chi connectivity index (χ4n) is 5.47. The lowest BCUT2D eigenvalue weighted by molar-refractivity contribution is -0.132. The number of aromatic nitrogens is 4. The molecule has 3 aromatic carbocycles. The van der Waals surface area contributed by atoms with E-state index >= 15 is 0 Å². The number of amides is 1. The van der Waals surface area contributed by atoms with Crippen molar-refractivity contribution >= 4 is 62.9 Å². The van der Waals surface area contributed by atoms with Crippen molar-refractivity contribution in [1.82, 2.24) is 19.6 Å². The lowest BCUT2D eigenvalue weighted by atomic mass is 9.96. The summed E-state index contributed by atoms with van der Waals surface area (Å²) in [6, 6.07) is 28.9. The van der Waals surface area contributed by atoms with Gasteiger partial charge in [0, 0.05) is 17.0 Å². The second kappa shape index (κ2) is 13.0. The molecule has 0 spiro atoms. The van der Waals surface area contributed by atoms with Gasteiger partial charge in [-0.1, -0.05) is 95.4 Å². The summed E-state index contributed by atoms with van der Waals surface area (Å²) in [4.78, 5) is 33.6. The van der Waals surface area contributed by atoms with E-state index in [4.69, 9.17) is 16.3 Å². The van der Waals surface area contributed by atoms with Crippen molar-refractivity contribution in [3.8, 4) is 5.75 Å². The van der Waals surface area contributed by atoms with Crippen molar-refractivity contribution in [2.45, 2.75) is 29.7 Å². The van der Waals surface area contributed by atoms with Gasteiger partial charge in [0.2, 0.25) is 5.13 Å². The SMILES string of the molecule is Cc1nc2ccccn2c1/C(O)=C1\C(=O)C(=O)N(c2nnc(SCc3ccc(Cl)cc3)s2)C1c1cccc(OCc2ccccc2)c1. The third-order valence-electron chi connectivity index (χ3n) is 7.67. The summed E-state index contributed by atoms with van der Waals surface area (Å²) < 4.78 is 8.42. The van der Waals surface area contributed by atoms with E-state index in [1.54, 1.807) is 47.9 Å². The van der Waals surface area contributed by atoms with Crippen molar-refractivity contribution < 1.29 is 19.4 Å². The molecule has 1 aliphatic heterocycles. The van der Waals surface area contributed by atoms with Gasteiger partial charge in [0.05, 0.1) is 17.3 Å². The summed E-state index contributed by atoms with van der Waals surface area (Å²) in [5.74, 6) is -0.825. The number of hydrogen-bond donors (Lipinski definition) is 1. The van der Waals surface area contributed by atoms with Crippen LogP contribution >= 0.6 is 34.7 Å². The van der Waals surface area contributed by atoms with Gasteiger partial charge in [-0.25, -0.2) is 4.98 Å². The Balaban J connectivity index is 1.29. The second-order valence-corrected chi connectivity index (χ2v) is 13.4. The fraction of sp³-hybridized carbons (Fsp3) is 0.114. The zero-order valence-corrected chi connectivity index (χ0v) is 27.3. The molecule has 0 bridgehead atoms. The van der Waals surface area contributed by atoms with Crippen LogP contribution in [0.4, 0.5) is 5.13 Å². The molecule has 0 saturated carbocycles. The van der Waals surface area contributed by atoms with E-state index in [0.29, 0.717) is 50.1 Å². The van der Waals surface area contributed by atoms with Gasteiger partial charge in [-0.2, -0.15) is 0 Å². The van der Waals surface area contributed by atoms with Crippen LogP contribution in [0.25, 0.3) is 11.4 Å². The average molecular weight is 680 g/mol. The highest BCUT2D eigenvalue weighted by Gasteiger charge is 2.49. The minimum Gasteiger partial charge on any atom is -0.505 e. The summed E-state index contributed by atoms with van der Waals surface area (Å²) in [5, 5.41) is 21.4. The Kier molecular flexibility index (Phi) is 8.50. The number of pyridine rings is 1. The molecule has 47 heavy (non-hydrogen) atoms. The fourth-order valence-corrected chi connectivity index (χ4v) is 7.42. The van der Waals surface area contributed by atoms with Crippen LogP contribution in [0.5, 0.6) is 5.75 Å². The highest BCUT2D eigenvalue weighted by molar-refractivity contribution is 8.00.